The summed E-state index contributed by atoms with van der Waals surface area (Å²) in [6, 6.07) is 8.10. The Morgan fingerprint density at radius 3 is 2.52 bits per heavy atom. The Hall–Kier alpha value is -2.94. The predicted octanol–water partition coefficient (Wildman–Crippen LogP) is 3.91. The van der Waals surface area contributed by atoms with E-state index in [0.717, 1.165) is 17.8 Å². The molecule has 29 heavy (non-hydrogen) atoms. The average Bonchev–Trinajstić information content (AvgIpc) is 3.10. The number of ether oxygens (including phenoxy) is 1. The summed E-state index contributed by atoms with van der Waals surface area (Å²) in [5.74, 6) is -0.271. The van der Waals surface area contributed by atoms with Gasteiger partial charge in [-0.1, -0.05) is 38.1 Å². The molecule has 3 aromatic rings. The van der Waals surface area contributed by atoms with Gasteiger partial charge >= 0.3 is 6.18 Å². The van der Waals surface area contributed by atoms with E-state index in [4.69, 9.17) is 4.74 Å². The smallest absolute Gasteiger partial charge is 0.383 e. The van der Waals surface area contributed by atoms with E-state index in [1.54, 1.807) is 12.1 Å². The fourth-order valence-electron chi connectivity index (χ4n) is 2.87. The molecule has 0 atom stereocenters. The molecule has 0 aliphatic rings. The van der Waals surface area contributed by atoms with Gasteiger partial charge in [0, 0.05) is 19.2 Å². The molecule has 0 radical (unpaired) electrons. The maximum Gasteiger partial charge on any atom is 0.433 e. The van der Waals surface area contributed by atoms with Crippen LogP contribution in [0.1, 0.15) is 41.4 Å². The van der Waals surface area contributed by atoms with Gasteiger partial charge in [0.15, 0.2) is 11.3 Å². The minimum atomic E-state index is -4.66. The van der Waals surface area contributed by atoms with Gasteiger partial charge in [-0.25, -0.2) is 9.50 Å². The van der Waals surface area contributed by atoms with Crippen molar-refractivity contribution in [2.75, 3.05) is 20.3 Å². The maximum absolute atomic E-state index is 13.6. The minimum Gasteiger partial charge on any atom is -0.383 e. The number of alkyl halides is 3. The van der Waals surface area contributed by atoms with E-state index < -0.39 is 17.8 Å². The Morgan fingerprint density at radius 2 is 1.93 bits per heavy atom. The molecule has 2 aromatic heterocycles. The number of rotatable bonds is 6. The van der Waals surface area contributed by atoms with Crippen molar-refractivity contribution < 1.29 is 22.7 Å². The highest BCUT2D eigenvalue weighted by Crippen LogP contribution is 2.33. The van der Waals surface area contributed by atoms with E-state index in [1.807, 2.05) is 26.0 Å². The molecule has 6 nitrogen and oxygen atoms in total. The van der Waals surface area contributed by atoms with E-state index in [2.05, 4.69) is 15.4 Å². The zero-order chi connectivity index (χ0) is 21.2. The Balaban J connectivity index is 2.11. The summed E-state index contributed by atoms with van der Waals surface area (Å²) < 4.78 is 46.4. The number of carbonyl (C=O) groups excluding carboxylic acids is 1. The lowest BCUT2D eigenvalue weighted by Gasteiger charge is -2.12. The van der Waals surface area contributed by atoms with Gasteiger partial charge in [-0.3, -0.25) is 4.79 Å². The average molecular weight is 406 g/mol. The number of amides is 1. The van der Waals surface area contributed by atoms with Crippen LogP contribution in [0.2, 0.25) is 0 Å². The molecule has 1 aromatic carbocycles. The van der Waals surface area contributed by atoms with Crippen molar-refractivity contribution in [2.45, 2.75) is 25.9 Å². The molecule has 0 fully saturated rings. The fraction of sp³-hybridized carbons (Fsp3) is 0.350. The summed E-state index contributed by atoms with van der Waals surface area (Å²) >= 11 is 0. The Morgan fingerprint density at radius 1 is 1.24 bits per heavy atom. The molecule has 9 heteroatoms. The first-order chi connectivity index (χ1) is 13.7. The summed E-state index contributed by atoms with van der Waals surface area (Å²) in [5, 5.41) is 6.33. The number of methoxy groups -OCH3 is 1. The van der Waals surface area contributed by atoms with Crippen molar-refractivity contribution in [3.8, 4) is 11.3 Å². The van der Waals surface area contributed by atoms with Crippen molar-refractivity contribution in [1.29, 1.82) is 0 Å². The molecule has 0 saturated carbocycles. The number of aromatic nitrogens is 3. The minimum absolute atomic E-state index is 0.0350. The van der Waals surface area contributed by atoms with Gasteiger partial charge in [0.25, 0.3) is 5.91 Å². The van der Waals surface area contributed by atoms with Crippen molar-refractivity contribution in [3.63, 3.8) is 0 Å². The molecule has 1 amide bonds. The lowest BCUT2D eigenvalue weighted by molar-refractivity contribution is -0.142. The van der Waals surface area contributed by atoms with E-state index in [-0.39, 0.29) is 30.1 Å². The number of nitrogens with one attached hydrogen (secondary N) is 1. The van der Waals surface area contributed by atoms with Crippen molar-refractivity contribution in [1.82, 2.24) is 19.9 Å². The van der Waals surface area contributed by atoms with Gasteiger partial charge in [-0.05, 0) is 17.5 Å². The number of nitrogens with zero attached hydrogens (tertiary/aromatic N) is 3. The summed E-state index contributed by atoms with van der Waals surface area (Å²) in [5.41, 5.74) is 0.514. The highest BCUT2D eigenvalue weighted by atomic mass is 19.4. The van der Waals surface area contributed by atoms with E-state index in [1.165, 1.54) is 7.11 Å². The maximum atomic E-state index is 13.6. The molecule has 0 saturated heterocycles. The van der Waals surface area contributed by atoms with Crippen LogP contribution in [0.4, 0.5) is 13.2 Å². The molecule has 0 aliphatic carbocycles. The number of halogens is 3. The third-order valence-electron chi connectivity index (χ3n) is 4.47. The number of carbonyl (C=O) groups is 1. The lowest BCUT2D eigenvalue weighted by atomic mass is 10.0. The van der Waals surface area contributed by atoms with E-state index in [9.17, 15) is 18.0 Å². The van der Waals surface area contributed by atoms with Gasteiger partial charge in [0.1, 0.15) is 5.56 Å². The van der Waals surface area contributed by atoms with Crippen LogP contribution in [-0.4, -0.2) is 40.8 Å². The lowest BCUT2D eigenvalue weighted by Crippen LogP contribution is -2.27. The van der Waals surface area contributed by atoms with Gasteiger partial charge < -0.3 is 10.1 Å². The second-order valence-corrected chi connectivity index (χ2v) is 6.84. The zero-order valence-corrected chi connectivity index (χ0v) is 16.2. The zero-order valence-electron chi connectivity index (χ0n) is 16.2. The number of benzene rings is 1. The standard InChI is InChI=1S/C20H21F3N4O2/c1-12(2)13-4-6-14(7-5-13)16-10-17(20(21,22)23)27-18(26-16)15(11-25-27)19(28)24-8-9-29-3/h4-7,10-12H,8-9H2,1-3H3,(H,24,28). The highest BCUT2D eigenvalue weighted by molar-refractivity contribution is 5.99. The Bertz CT molecular complexity index is 1010. The molecule has 2 heterocycles. The molecule has 0 spiro atoms. The van der Waals surface area contributed by atoms with E-state index >= 15 is 0 Å². The molecule has 0 aliphatic heterocycles. The topological polar surface area (TPSA) is 68.5 Å². The Labute approximate surface area is 165 Å². The van der Waals surface area contributed by atoms with Crippen LogP contribution >= 0.6 is 0 Å². The summed E-state index contributed by atoms with van der Waals surface area (Å²) in [6.07, 6.45) is -3.57. The second kappa shape index (κ2) is 8.20. The molecule has 3 rings (SSSR count). The van der Waals surface area contributed by atoms with Crippen LogP contribution in [0.25, 0.3) is 16.9 Å². The normalized spacial score (nSPS) is 12.0. The molecule has 154 valence electrons. The summed E-state index contributed by atoms with van der Waals surface area (Å²) in [6.45, 7) is 4.55. The molecule has 1 N–H and O–H groups in total. The number of fused-ring (bicyclic) bond motifs is 1. The first kappa shape index (κ1) is 20.8. The second-order valence-electron chi connectivity index (χ2n) is 6.84. The van der Waals surface area contributed by atoms with Crippen LogP contribution in [0, 0.1) is 0 Å². The quantitative estimate of drug-likeness (QED) is 0.630. The molecular weight excluding hydrogens is 385 g/mol. The molecule has 0 bridgehead atoms. The molecular formula is C20H21F3N4O2. The third-order valence-corrected chi connectivity index (χ3v) is 4.47. The van der Waals surface area contributed by atoms with Crippen LogP contribution in [0.5, 0.6) is 0 Å². The van der Waals surface area contributed by atoms with Crippen LogP contribution in [0.3, 0.4) is 0 Å². The van der Waals surface area contributed by atoms with Gasteiger partial charge in [0.2, 0.25) is 0 Å². The van der Waals surface area contributed by atoms with Crippen LogP contribution in [0.15, 0.2) is 36.5 Å². The van der Waals surface area contributed by atoms with Gasteiger partial charge in [0.05, 0.1) is 18.5 Å². The first-order valence-corrected chi connectivity index (χ1v) is 9.05. The van der Waals surface area contributed by atoms with E-state index in [0.29, 0.717) is 16.0 Å². The SMILES string of the molecule is COCCNC(=O)c1cnn2c(C(F)(F)F)cc(-c3ccc(C(C)C)cc3)nc12. The van der Waals surface area contributed by atoms with Gasteiger partial charge in [-0.2, -0.15) is 18.3 Å². The van der Waals surface area contributed by atoms with Crippen molar-refractivity contribution in [3.05, 3.63) is 53.3 Å². The fourth-order valence-corrected chi connectivity index (χ4v) is 2.87. The van der Waals surface area contributed by atoms with Gasteiger partial charge in [-0.15, -0.1) is 0 Å². The predicted molar refractivity (Wildman–Crippen MR) is 102 cm³/mol. The van der Waals surface area contributed by atoms with Crippen LogP contribution < -0.4 is 5.32 Å². The molecule has 0 unspecified atom stereocenters. The number of hydrogen-bond donors (Lipinski definition) is 1. The highest BCUT2D eigenvalue weighted by Gasteiger charge is 2.36. The van der Waals surface area contributed by atoms with Crippen LogP contribution in [-0.2, 0) is 10.9 Å². The third kappa shape index (κ3) is 4.40. The Kier molecular flexibility index (Phi) is 5.88. The number of hydrogen-bond acceptors (Lipinski definition) is 4. The van der Waals surface area contributed by atoms with Crippen molar-refractivity contribution in [2.24, 2.45) is 0 Å². The largest absolute Gasteiger partial charge is 0.433 e. The summed E-state index contributed by atoms with van der Waals surface area (Å²) in [4.78, 5) is 16.7. The first-order valence-electron chi connectivity index (χ1n) is 9.05. The summed E-state index contributed by atoms with van der Waals surface area (Å²) in [7, 11) is 1.48. The monoisotopic (exact) mass is 406 g/mol. The van der Waals surface area contributed by atoms with Crippen molar-refractivity contribution >= 4 is 11.6 Å².